The van der Waals surface area contributed by atoms with Crippen LogP contribution in [0.2, 0.25) is 5.02 Å². The SMILES string of the molecule is CCSc1nc2c(c(=O)n(CCCOC3CCCCO3)c(=O)n2C)n1Cc1ccc(Cl)cc1. The molecule has 0 saturated carbocycles. The second kappa shape index (κ2) is 10.9. The molecule has 3 heterocycles. The van der Waals surface area contributed by atoms with Crippen molar-refractivity contribution in [3.63, 3.8) is 0 Å². The minimum atomic E-state index is -0.370. The third kappa shape index (κ3) is 5.37. The summed E-state index contributed by atoms with van der Waals surface area (Å²) in [5.41, 5.74) is 1.13. The van der Waals surface area contributed by atoms with Gasteiger partial charge < -0.3 is 14.0 Å². The Morgan fingerprint density at radius 3 is 2.70 bits per heavy atom. The van der Waals surface area contributed by atoms with Crippen LogP contribution in [0.5, 0.6) is 0 Å². The van der Waals surface area contributed by atoms with Gasteiger partial charge in [0.2, 0.25) is 0 Å². The van der Waals surface area contributed by atoms with Crippen LogP contribution >= 0.6 is 23.4 Å². The molecule has 1 saturated heterocycles. The van der Waals surface area contributed by atoms with Gasteiger partial charge in [-0.3, -0.25) is 13.9 Å². The van der Waals surface area contributed by atoms with Crippen LogP contribution in [0.4, 0.5) is 0 Å². The topological polar surface area (TPSA) is 80.3 Å². The van der Waals surface area contributed by atoms with Gasteiger partial charge in [-0.15, -0.1) is 0 Å². The highest BCUT2D eigenvalue weighted by atomic mass is 35.5. The van der Waals surface area contributed by atoms with Gasteiger partial charge in [-0.05, 0) is 49.1 Å². The average Bonchev–Trinajstić information content (AvgIpc) is 3.17. The smallest absolute Gasteiger partial charge is 0.332 e. The summed E-state index contributed by atoms with van der Waals surface area (Å²) in [5.74, 6) is 0.798. The fraction of sp³-hybridized carbons (Fsp3) is 0.522. The predicted octanol–water partition coefficient (Wildman–Crippen LogP) is 3.64. The lowest BCUT2D eigenvalue weighted by atomic mass is 10.2. The molecule has 0 N–H and O–H groups in total. The Balaban J connectivity index is 1.64. The van der Waals surface area contributed by atoms with E-state index in [-0.39, 0.29) is 24.1 Å². The van der Waals surface area contributed by atoms with E-state index >= 15 is 0 Å². The second-order valence-electron chi connectivity index (χ2n) is 8.03. The fourth-order valence-corrected chi connectivity index (χ4v) is 4.83. The van der Waals surface area contributed by atoms with E-state index in [9.17, 15) is 9.59 Å². The molecule has 0 spiro atoms. The molecule has 0 aliphatic carbocycles. The summed E-state index contributed by atoms with van der Waals surface area (Å²) < 4.78 is 16.0. The molecule has 10 heteroatoms. The van der Waals surface area contributed by atoms with Gasteiger partial charge in [0.1, 0.15) is 0 Å². The quantitative estimate of drug-likeness (QED) is 0.335. The first-order chi connectivity index (χ1) is 16.0. The van der Waals surface area contributed by atoms with Crippen molar-refractivity contribution in [1.29, 1.82) is 0 Å². The highest BCUT2D eigenvalue weighted by Crippen LogP contribution is 2.23. The molecule has 178 valence electrons. The Labute approximate surface area is 201 Å². The van der Waals surface area contributed by atoms with Crippen LogP contribution in [0.1, 0.15) is 38.2 Å². The molecule has 1 atom stereocenters. The van der Waals surface area contributed by atoms with Crippen molar-refractivity contribution in [2.45, 2.75) is 57.1 Å². The number of nitrogens with zero attached hydrogens (tertiary/aromatic N) is 4. The number of thioether (sulfide) groups is 1. The molecular weight excluding hydrogens is 464 g/mol. The van der Waals surface area contributed by atoms with Gasteiger partial charge in [-0.2, -0.15) is 0 Å². The Morgan fingerprint density at radius 1 is 1.21 bits per heavy atom. The first-order valence-corrected chi connectivity index (χ1v) is 12.7. The molecule has 1 unspecified atom stereocenters. The number of halogens is 1. The monoisotopic (exact) mass is 492 g/mol. The maximum atomic E-state index is 13.5. The number of ether oxygens (including phenoxy) is 2. The minimum Gasteiger partial charge on any atom is -0.353 e. The number of imidazole rings is 1. The standard InChI is InChI=1S/C23H29ClN4O4S/c1-3-33-22-25-20-19(28(22)15-16-8-10-17(24)11-9-16)21(29)27(23(30)26(20)2)12-6-14-32-18-7-4-5-13-31-18/h8-11,18H,3-7,12-15H2,1-2H3. The van der Waals surface area contributed by atoms with Crippen LogP contribution in [-0.2, 0) is 29.6 Å². The van der Waals surface area contributed by atoms with Gasteiger partial charge in [-0.1, -0.05) is 42.4 Å². The lowest BCUT2D eigenvalue weighted by molar-refractivity contribution is -0.163. The van der Waals surface area contributed by atoms with Crippen molar-refractivity contribution < 1.29 is 9.47 Å². The minimum absolute atomic E-state index is 0.185. The lowest BCUT2D eigenvalue weighted by Crippen LogP contribution is -2.40. The number of hydrogen-bond donors (Lipinski definition) is 0. The number of aryl methyl sites for hydroxylation is 1. The van der Waals surface area contributed by atoms with Crippen LogP contribution in [0.25, 0.3) is 11.2 Å². The second-order valence-corrected chi connectivity index (χ2v) is 9.70. The number of hydrogen-bond acceptors (Lipinski definition) is 6. The van der Waals surface area contributed by atoms with Crippen molar-refractivity contribution in [3.05, 3.63) is 55.7 Å². The summed E-state index contributed by atoms with van der Waals surface area (Å²) in [5, 5.41) is 1.37. The predicted molar refractivity (Wildman–Crippen MR) is 130 cm³/mol. The molecule has 1 fully saturated rings. The summed E-state index contributed by atoms with van der Waals surface area (Å²) in [6, 6.07) is 7.51. The number of aromatic nitrogens is 4. The van der Waals surface area contributed by atoms with E-state index in [0.717, 1.165) is 37.2 Å². The molecule has 0 bridgehead atoms. The largest absolute Gasteiger partial charge is 0.353 e. The van der Waals surface area contributed by atoms with Crippen LogP contribution < -0.4 is 11.2 Å². The van der Waals surface area contributed by atoms with E-state index in [4.69, 9.17) is 21.1 Å². The molecule has 33 heavy (non-hydrogen) atoms. The van der Waals surface area contributed by atoms with Crippen molar-refractivity contribution in [2.24, 2.45) is 7.05 Å². The summed E-state index contributed by atoms with van der Waals surface area (Å²) in [6.45, 7) is 3.92. The van der Waals surface area contributed by atoms with E-state index in [1.54, 1.807) is 18.8 Å². The highest BCUT2D eigenvalue weighted by molar-refractivity contribution is 7.99. The van der Waals surface area contributed by atoms with Gasteiger partial charge in [-0.25, -0.2) is 9.78 Å². The van der Waals surface area contributed by atoms with E-state index < -0.39 is 0 Å². The van der Waals surface area contributed by atoms with Crippen molar-refractivity contribution in [3.8, 4) is 0 Å². The van der Waals surface area contributed by atoms with Crippen LogP contribution in [0.3, 0.4) is 0 Å². The van der Waals surface area contributed by atoms with Crippen molar-refractivity contribution in [2.75, 3.05) is 19.0 Å². The zero-order chi connectivity index (χ0) is 23.4. The maximum absolute atomic E-state index is 13.5. The molecule has 0 amide bonds. The Morgan fingerprint density at radius 2 is 2.00 bits per heavy atom. The highest BCUT2D eigenvalue weighted by Gasteiger charge is 2.21. The first-order valence-electron chi connectivity index (χ1n) is 11.3. The maximum Gasteiger partial charge on any atom is 0.332 e. The molecule has 1 aromatic carbocycles. The number of rotatable bonds is 9. The first kappa shape index (κ1) is 24.1. The Bertz CT molecular complexity index is 1210. The fourth-order valence-electron chi connectivity index (χ4n) is 3.99. The summed E-state index contributed by atoms with van der Waals surface area (Å²) in [7, 11) is 1.66. The van der Waals surface area contributed by atoms with Gasteiger partial charge in [0, 0.05) is 25.2 Å². The van der Waals surface area contributed by atoms with Gasteiger partial charge in [0.15, 0.2) is 22.6 Å². The molecule has 8 nitrogen and oxygen atoms in total. The van der Waals surface area contributed by atoms with Crippen LogP contribution in [-0.4, -0.2) is 43.9 Å². The van der Waals surface area contributed by atoms with E-state index in [1.165, 1.54) is 9.13 Å². The lowest BCUT2D eigenvalue weighted by Gasteiger charge is -2.22. The zero-order valence-corrected chi connectivity index (χ0v) is 20.5. The molecule has 4 rings (SSSR count). The summed E-state index contributed by atoms with van der Waals surface area (Å²) in [6.07, 6.45) is 3.40. The van der Waals surface area contributed by atoms with Crippen molar-refractivity contribution >= 4 is 34.5 Å². The molecule has 1 aliphatic rings. The van der Waals surface area contributed by atoms with Crippen LogP contribution in [0.15, 0.2) is 39.0 Å². The van der Waals surface area contributed by atoms with Crippen LogP contribution in [0, 0.1) is 0 Å². The average molecular weight is 493 g/mol. The third-order valence-corrected chi connectivity index (χ3v) is 6.80. The molecule has 0 radical (unpaired) electrons. The third-order valence-electron chi connectivity index (χ3n) is 5.69. The van der Waals surface area contributed by atoms with E-state index in [2.05, 4.69) is 4.98 Å². The van der Waals surface area contributed by atoms with Gasteiger partial charge in [0.25, 0.3) is 5.56 Å². The number of benzene rings is 1. The molecule has 2 aromatic heterocycles. The van der Waals surface area contributed by atoms with Gasteiger partial charge >= 0.3 is 5.69 Å². The molecule has 1 aliphatic heterocycles. The van der Waals surface area contributed by atoms with E-state index in [1.807, 2.05) is 35.8 Å². The van der Waals surface area contributed by atoms with Crippen molar-refractivity contribution in [1.82, 2.24) is 18.7 Å². The normalized spacial score (nSPS) is 16.5. The molecule has 3 aromatic rings. The Hall–Kier alpha value is -2.07. The van der Waals surface area contributed by atoms with E-state index in [0.29, 0.717) is 40.9 Å². The van der Waals surface area contributed by atoms with Gasteiger partial charge in [0.05, 0.1) is 13.2 Å². The summed E-state index contributed by atoms with van der Waals surface area (Å²) >= 11 is 7.58. The zero-order valence-electron chi connectivity index (χ0n) is 19.0. The Kier molecular flexibility index (Phi) is 7.95. The number of fused-ring (bicyclic) bond motifs is 1. The molecular formula is C23H29ClN4O4S. The summed E-state index contributed by atoms with van der Waals surface area (Å²) in [4.78, 5) is 31.1.